The highest BCUT2D eigenvalue weighted by molar-refractivity contribution is 5.55. The van der Waals surface area contributed by atoms with E-state index in [-0.39, 0.29) is 11.7 Å². The quantitative estimate of drug-likeness (QED) is 0.418. The summed E-state index contributed by atoms with van der Waals surface area (Å²) in [5.41, 5.74) is 1.45. The number of fused-ring (bicyclic) bond motifs is 1. The third-order valence-corrected chi connectivity index (χ3v) is 6.11. The first-order valence-corrected chi connectivity index (χ1v) is 11.0. The highest BCUT2D eigenvalue weighted by Crippen LogP contribution is 2.41. The zero-order chi connectivity index (χ0) is 24.7. The number of methoxy groups -OCH3 is 2. The van der Waals surface area contributed by atoms with Crippen LogP contribution < -0.4 is 4.74 Å². The van der Waals surface area contributed by atoms with Crippen molar-refractivity contribution in [3.8, 4) is 23.1 Å². The molecule has 0 fully saturated rings. The first-order chi connectivity index (χ1) is 16.8. The summed E-state index contributed by atoms with van der Waals surface area (Å²) in [5, 5.41) is 4.58. The van der Waals surface area contributed by atoms with Crippen LogP contribution in [0.15, 0.2) is 48.9 Å². The predicted octanol–water partition coefficient (Wildman–Crippen LogP) is 4.41. The van der Waals surface area contributed by atoms with Crippen LogP contribution in [-0.2, 0) is 17.5 Å². The molecule has 1 aromatic carbocycles. The van der Waals surface area contributed by atoms with E-state index in [2.05, 4.69) is 20.1 Å². The van der Waals surface area contributed by atoms with Crippen LogP contribution in [-0.4, -0.2) is 49.6 Å². The second kappa shape index (κ2) is 8.81. The second-order valence-electron chi connectivity index (χ2n) is 8.35. The third-order valence-electron chi connectivity index (χ3n) is 6.11. The number of ether oxygens (including phenoxy) is 2. The summed E-state index contributed by atoms with van der Waals surface area (Å²) in [5.74, 6) is 0.460. The summed E-state index contributed by atoms with van der Waals surface area (Å²) in [7, 11) is 3.06. The molecule has 2 atom stereocenters. The van der Waals surface area contributed by atoms with Crippen LogP contribution in [0.4, 0.5) is 13.2 Å². The fourth-order valence-electron chi connectivity index (χ4n) is 4.44. The molecule has 4 aromatic rings. The first kappa shape index (κ1) is 23.0. The lowest BCUT2D eigenvalue weighted by molar-refractivity contribution is -0.138. The summed E-state index contributed by atoms with van der Waals surface area (Å²) in [4.78, 5) is 13.4. The number of rotatable bonds is 5. The number of benzene rings is 1. The molecule has 1 aliphatic rings. The van der Waals surface area contributed by atoms with Crippen molar-refractivity contribution >= 4 is 0 Å². The van der Waals surface area contributed by atoms with Crippen molar-refractivity contribution in [1.82, 2.24) is 29.3 Å². The van der Waals surface area contributed by atoms with E-state index in [1.54, 1.807) is 34.8 Å². The standard InChI is InChI=1S/C24H23F3N6O2/c1-14-11-32(13-28-14)20-9-8-19(29-23(20)35-3)21-30-22-17(10-15(34-2)12-33(22)31-21)16-6-4-5-7-18(16)24(25,26)27/h4-9,11,13,15,17H,10,12H2,1-3H3/t15-,17+/m0/s1. The smallest absolute Gasteiger partial charge is 0.416 e. The number of hydrogen-bond acceptors (Lipinski definition) is 6. The number of imidazole rings is 1. The molecule has 0 radical (unpaired) electrons. The SMILES string of the molecule is COc1nc(-c2nc3n(n2)C[C@@H](OC)C[C@@H]3c2ccccc2C(F)(F)F)ccc1-n1cnc(C)c1. The van der Waals surface area contributed by atoms with Gasteiger partial charge < -0.3 is 14.0 Å². The average Bonchev–Trinajstić information content (AvgIpc) is 3.48. The normalized spacial score (nSPS) is 17.9. The monoisotopic (exact) mass is 484 g/mol. The van der Waals surface area contributed by atoms with Gasteiger partial charge in [-0.3, -0.25) is 0 Å². The van der Waals surface area contributed by atoms with E-state index >= 15 is 0 Å². The van der Waals surface area contributed by atoms with E-state index in [4.69, 9.17) is 9.47 Å². The van der Waals surface area contributed by atoms with Gasteiger partial charge in [0.25, 0.3) is 0 Å². The van der Waals surface area contributed by atoms with Gasteiger partial charge in [0.1, 0.15) is 17.2 Å². The van der Waals surface area contributed by atoms with Gasteiger partial charge in [0, 0.05) is 19.2 Å². The van der Waals surface area contributed by atoms with E-state index in [1.165, 1.54) is 19.2 Å². The van der Waals surface area contributed by atoms with Crippen LogP contribution in [0.25, 0.3) is 17.2 Å². The maximum atomic E-state index is 13.8. The van der Waals surface area contributed by atoms with Crippen molar-refractivity contribution in [2.45, 2.75) is 38.1 Å². The number of aromatic nitrogens is 6. The molecule has 3 aromatic heterocycles. The van der Waals surface area contributed by atoms with Crippen LogP contribution in [0.1, 0.15) is 35.0 Å². The molecule has 5 rings (SSSR count). The van der Waals surface area contributed by atoms with Gasteiger partial charge in [-0.15, -0.1) is 5.10 Å². The highest BCUT2D eigenvalue weighted by atomic mass is 19.4. The van der Waals surface area contributed by atoms with Crippen LogP contribution in [0.2, 0.25) is 0 Å². The Morgan fingerprint density at radius 1 is 1.06 bits per heavy atom. The average molecular weight is 484 g/mol. The van der Waals surface area contributed by atoms with Crippen molar-refractivity contribution < 1.29 is 22.6 Å². The molecule has 0 unspecified atom stereocenters. The zero-order valence-corrected chi connectivity index (χ0v) is 19.3. The van der Waals surface area contributed by atoms with E-state index in [9.17, 15) is 13.2 Å². The van der Waals surface area contributed by atoms with Crippen molar-refractivity contribution in [2.24, 2.45) is 0 Å². The largest absolute Gasteiger partial charge is 0.479 e. The molecule has 0 spiro atoms. The van der Waals surface area contributed by atoms with Gasteiger partial charge in [-0.2, -0.15) is 13.2 Å². The zero-order valence-electron chi connectivity index (χ0n) is 19.3. The first-order valence-electron chi connectivity index (χ1n) is 11.0. The minimum Gasteiger partial charge on any atom is -0.479 e. The maximum Gasteiger partial charge on any atom is 0.416 e. The molecule has 0 aliphatic carbocycles. The van der Waals surface area contributed by atoms with Crippen molar-refractivity contribution in [3.05, 3.63) is 71.6 Å². The molecule has 0 saturated heterocycles. The fourth-order valence-corrected chi connectivity index (χ4v) is 4.44. The van der Waals surface area contributed by atoms with Crippen molar-refractivity contribution in [3.63, 3.8) is 0 Å². The lowest BCUT2D eigenvalue weighted by atomic mass is 9.86. The summed E-state index contributed by atoms with van der Waals surface area (Å²) >= 11 is 0. The molecule has 0 N–H and O–H groups in total. The summed E-state index contributed by atoms with van der Waals surface area (Å²) < 4.78 is 55.8. The Morgan fingerprint density at radius 2 is 1.86 bits per heavy atom. The van der Waals surface area contributed by atoms with Crippen molar-refractivity contribution in [2.75, 3.05) is 14.2 Å². The molecule has 8 nitrogen and oxygen atoms in total. The number of aryl methyl sites for hydroxylation is 1. The minimum absolute atomic E-state index is 0.151. The van der Waals surface area contributed by atoms with Gasteiger partial charge in [-0.05, 0) is 37.1 Å². The molecule has 182 valence electrons. The van der Waals surface area contributed by atoms with Gasteiger partial charge in [0.2, 0.25) is 5.88 Å². The Morgan fingerprint density at radius 3 is 2.54 bits per heavy atom. The molecule has 1 aliphatic heterocycles. The van der Waals surface area contributed by atoms with E-state index in [0.717, 1.165) is 11.8 Å². The molecule has 0 saturated carbocycles. The number of nitrogens with zero attached hydrogens (tertiary/aromatic N) is 6. The third kappa shape index (κ3) is 4.27. The van der Waals surface area contributed by atoms with Crippen LogP contribution in [0.5, 0.6) is 5.88 Å². The molecular weight excluding hydrogens is 461 g/mol. The number of halogens is 3. The van der Waals surface area contributed by atoms with Gasteiger partial charge in [-0.25, -0.2) is 19.6 Å². The van der Waals surface area contributed by atoms with Gasteiger partial charge in [0.05, 0.1) is 37.3 Å². The van der Waals surface area contributed by atoms with Crippen molar-refractivity contribution in [1.29, 1.82) is 0 Å². The molecule has 35 heavy (non-hydrogen) atoms. The highest BCUT2D eigenvalue weighted by Gasteiger charge is 2.39. The second-order valence-corrected chi connectivity index (χ2v) is 8.35. The lowest BCUT2D eigenvalue weighted by Gasteiger charge is -2.30. The lowest BCUT2D eigenvalue weighted by Crippen LogP contribution is -2.31. The molecule has 4 heterocycles. The Hall–Kier alpha value is -3.73. The van der Waals surface area contributed by atoms with Crippen LogP contribution in [0, 0.1) is 6.92 Å². The fraction of sp³-hybridized carbons (Fsp3) is 0.333. The molecular formula is C24H23F3N6O2. The van der Waals surface area contributed by atoms with Crippen LogP contribution >= 0.6 is 0 Å². The summed E-state index contributed by atoms with van der Waals surface area (Å²) in [6, 6.07) is 9.14. The van der Waals surface area contributed by atoms with Gasteiger partial charge in [0.15, 0.2) is 5.82 Å². The Balaban J connectivity index is 1.58. The summed E-state index contributed by atoms with van der Waals surface area (Å²) in [6.07, 6.45) is -0.925. The molecule has 0 bridgehead atoms. The Kier molecular flexibility index (Phi) is 5.79. The minimum atomic E-state index is -4.49. The topological polar surface area (TPSA) is 79.9 Å². The number of pyridine rings is 1. The number of hydrogen-bond donors (Lipinski definition) is 0. The molecule has 0 amide bonds. The van der Waals surface area contributed by atoms with Gasteiger partial charge >= 0.3 is 6.18 Å². The Bertz CT molecular complexity index is 1360. The van der Waals surface area contributed by atoms with E-state index in [1.807, 2.05) is 19.2 Å². The molecule has 11 heteroatoms. The van der Waals surface area contributed by atoms with E-state index in [0.29, 0.717) is 41.9 Å². The summed E-state index contributed by atoms with van der Waals surface area (Å²) in [6.45, 7) is 2.26. The maximum absolute atomic E-state index is 13.8. The number of alkyl halides is 3. The predicted molar refractivity (Wildman–Crippen MR) is 120 cm³/mol. The van der Waals surface area contributed by atoms with Crippen LogP contribution in [0.3, 0.4) is 0 Å². The Labute approximate surface area is 199 Å². The van der Waals surface area contributed by atoms with Gasteiger partial charge in [-0.1, -0.05) is 18.2 Å². The van der Waals surface area contributed by atoms with E-state index < -0.39 is 17.7 Å².